The predicted octanol–water partition coefficient (Wildman–Crippen LogP) is 4.69. The Balaban J connectivity index is 0.000000640. The van der Waals surface area contributed by atoms with Gasteiger partial charge < -0.3 is 9.79 Å². The minimum absolute atomic E-state index is 0.0459. The summed E-state index contributed by atoms with van der Waals surface area (Å²) in [6.07, 6.45) is -10.3. The molecule has 0 aromatic heterocycles. The van der Waals surface area contributed by atoms with Gasteiger partial charge in [-0.15, -0.1) is 12.6 Å². The molecule has 2 N–H and O–H groups in total. The van der Waals surface area contributed by atoms with Crippen molar-refractivity contribution < 1.29 is 45.2 Å². The fraction of sp³-hybridized carbons (Fsp3) is 0.500. The quantitative estimate of drug-likeness (QED) is 0.391. The zero-order valence-corrected chi connectivity index (χ0v) is 14.2. The third kappa shape index (κ3) is 7.43. The van der Waals surface area contributed by atoms with Crippen molar-refractivity contribution in [3.05, 3.63) is 28.8 Å². The Bertz CT molecular complexity index is 596. The average Bonchev–Trinajstić information content (AvgIpc) is 2.35. The van der Waals surface area contributed by atoms with E-state index in [1.54, 1.807) is 0 Å². The van der Waals surface area contributed by atoms with E-state index in [1.807, 2.05) is 0 Å². The van der Waals surface area contributed by atoms with Crippen molar-refractivity contribution in [1.29, 1.82) is 0 Å². The van der Waals surface area contributed by atoms with E-state index in [0.29, 0.717) is 0 Å². The van der Waals surface area contributed by atoms with Gasteiger partial charge in [0.1, 0.15) is 0 Å². The van der Waals surface area contributed by atoms with Crippen LogP contribution < -0.4 is 0 Å². The summed E-state index contributed by atoms with van der Waals surface area (Å²) in [5.74, 6) is 0. The minimum atomic E-state index is -5.08. The molecule has 0 bridgehead atoms. The molecule has 0 saturated heterocycles. The van der Waals surface area contributed by atoms with Gasteiger partial charge in [-0.05, 0) is 25.0 Å². The highest BCUT2D eigenvalue weighted by Crippen LogP contribution is 2.44. The monoisotopic (exact) mass is 400 g/mol. The average molecular weight is 400 g/mol. The third-order valence-electron chi connectivity index (χ3n) is 2.51. The summed E-state index contributed by atoms with van der Waals surface area (Å²) in [4.78, 5) is 15.1. The second kappa shape index (κ2) is 8.57. The van der Waals surface area contributed by atoms with E-state index in [1.165, 1.54) is 13.8 Å². The van der Waals surface area contributed by atoms with E-state index < -0.39 is 36.2 Å². The van der Waals surface area contributed by atoms with E-state index in [2.05, 4.69) is 17.2 Å². The molecule has 24 heavy (non-hydrogen) atoms. The summed E-state index contributed by atoms with van der Waals surface area (Å²) in [6, 6.07) is 1.94. The number of aryl methyl sites for hydroxylation is 1. The number of hydrogen-bond acceptors (Lipinski definition) is 3. The van der Waals surface area contributed by atoms with Crippen LogP contribution >= 0.6 is 20.5 Å². The van der Waals surface area contributed by atoms with Crippen LogP contribution in [-0.2, 0) is 27.9 Å². The van der Waals surface area contributed by atoms with Gasteiger partial charge in [-0.1, -0.05) is 13.0 Å². The molecule has 0 aliphatic heterocycles. The largest absolute Gasteiger partial charge is 0.469 e. The van der Waals surface area contributed by atoms with Crippen molar-refractivity contribution in [3.63, 3.8) is 0 Å². The van der Waals surface area contributed by atoms with Crippen molar-refractivity contribution in [2.45, 2.75) is 37.5 Å². The first-order valence-electron chi connectivity index (χ1n) is 6.34. The van der Waals surface area contributed by atoms with Gasteiger partial charge in [0.2, 0.25) is 0 Å². The number of alkyl halides is 6. The Morgan fingerprint density at radius 1 is 1.04 bits per heavy atom. The number of thiol groups is 1. The van der Waals surface area contributed by atoms with E-state index in [-0.39, 0.29) is 18.6 Å². The van der Waals surface area contributed by atoms with Gasteiger partial charge in [0, 0.05) is 4.90 Å². The molecule has 0 saturated carbocycles. The first-order valence-corrected chi connectivity index (χ1v) is 8.32. The fourth-order valence-corrected chi connectivity index (χ4v) is 2.36. The van der Waals surface area contributed by atoms with Gasteiger partial charge in [0.25, 0.3) is 0 Å². The van der Waals surface area contributed by atoms with Crippen LogP contribution in [-0.4, -0.2) is 16.4 Å². The summed E-state index contributed by atoms with van der Waals surface area (Å²) in [6.45, 7) is 2.92. The van der Waals surface area contributed by atoms with E-state index >= 15 is 0 Å². The highest BCUT2D eigenvalue weighted by atomic mass is 32.1. The lowest BCUT2D eigenvalue weighted by atomic mass is 9.98. The molecule has 0 radical (unpaired) electrons. The van der Waals surface area contributed by atoms with Crippen molar-refractivity contribution in [3.8, 4) is 0 Å². The normalized spacial score (nSPS) is 12.6. The van der Waals surface area contributed by atoms with Gasteiger partial charge in [-0.2, -0.15) is 26.3 Å². The molecule has 0 heterocycles. The Hall–Kier alpha value is -0.740. The lowest BCUT2D eigenvalue weighted by Gasteiger charge is -2.20. The summed E-state index contributed by atoms with van der Waals surface area (Å²) in [7, 11) is -4.17. The molecule has 0 unspecified atom stereocenters. The Kier molecular flexibility index (Phi) is 8.31. The molecule has 0 aliphatic carbocycles. The van der Waals surface area contributed by atoms with Crippen molar-refractivity contribution in [2.75, 3.05) is 6.61 Å². The molecule has 0 spiro atoms. The van der Waals surface area contributed by atoms with E-state index in [9.17, 15) is 30.9 Å². The molecular weight excluding hydrogens is 385 g/mol. The van der Waals surface area contributed by atoms with Crippen LogP contribution in [0.3, 0.4) is 0 Å². The molecule has 4 nitrogen and oxygen atoms in total. The van der Waals surface area contributed by atoms with Crippen molar-refractivity contribution in [2.24, 2.45) is 0 Å². The van der Waals surface area contributed by atoms with E-state index in [4.69, 9.17) is 9.79 Å². The topological polar surface area (TPSA) is 66.8 Å². The van der Waals surface area contributed by atoms with Gasteiger partial charge in [-0.25, -0.2) is 4.57 Å². The summed E-state index contributed by atoms with van der Waals surface area (Å²) in [5.41, 5.74) is -3.74. The molecule has 1 aromatic carbocycles. The molecule has 0 aliphatic rings. The second-order valence-electron chi connectivity index (χ2n) is 4.25. The number of benzene rings is 1. The summed E-state index contributed by atoms with van der Waals surface area (Å²) in [5, 5.41) is 0. The number of phosphoric acid groups is 1. The number of rotatable bonds is 3. The zero-order valence-electron chi connectivity index (χ0n) is 12.4. The summed E-state index contributed by atoms with van der Waals surface area (Å²) < 4.78 is 89.4. The fourth-order valence-electron chi connectivity index (χ4n) is 1.71. The molecule has 0 fully saturated rings. The molecule has 1 aromatic rings. The maximum absolute atomic E-state index is 12.7. The lowest BCUT2D eigenvalue weighted by molar-refractivity contribution is -0.164. The Morgan fingerprint density at radius 3 is 1.75 bits per heavy atom. The molecule has 140 valence electrons. The van der Waals surface area contributed by atoms with Crippen LogP contribution in [0.4, 0.5) is 26.3 Å². The minimum Gasteiger partial charge on any atom is -0.303 e. The predicted molar refractivity (Wildman–Crippen MR) is 76.7 cm³/mol. The molecule has 12 heteroatoms. The van der Waals surface area contributed by atoms with Crippen LogP contribution in [0.15, 0.2) is 17.0 Å². The van der Waals surface area contributed by atoms with Crippen molar-refractivity contribution >= 4 is 20.5 Å². The van der Waals surface area contributed by atoms with Gasteiger partial charge in [-0.3, -0.25) is 4.52 Å². The van der Waals surface area contributed by atoms with Crippen LogP contribution in [0.1, 0.15) is 30.5 Å². The van der Waals surface area contributed by atoms with Gasteiger partial charge in [0.05, 0.1) is 17.7 Å². The zero-order chi connectivity index (χ0) is 19.3. The van der Waals surface area contributed by atoms with Gasteiger partial charge in [0.15, 0.2) is 0 Å². The first-order chi connectivity index (χ1) is 10.6. The highest BCUT2D eigenvalue weighted by Gasteiger charge is 2.45. The number of phosphoric ester groups is 1. The maximum atomic E-state index is 12.7. The molecule has 0 atom stereocenters. The van der Waals surface area contributed by atoms with Crippen LogP contribution in [0.5, 0.6) is 0 Å². The molecular formula is C12H15F6O4PS. The Labute approximate surface area is 139 Å². The van der Waals surface area contributed by atoms with E-state index in [0.717, 1.165) is 12.1 Å². The van der Waals surface area contributed by atoms with Crippen LogP contribution in [0.2, 0.25) is 0 Å². The third-order valence-corrected chi connectivity index (χ3v) is 3.48. The number of halogens is 6. The van der Waals surface area contributed by atoms with Crippen molar-refractivity contribution in [1.82, 2.24) is 0 Å². The van der Waals surface area contributed by atoms with Gasteiger partial charge >= 0.3 is 20.2 Å². The first kappa shape index (κ1) is 23.3. The summed E-state index contributed by atoms with van der Waals surface area (Å²) >= 11 is 3.46. The van der Waals surface area contributed by atoms with Crippen LogP contribution in [0.25, 0.3) is 0 Å². The maximum Gasteiger partial charge on any atom is 0.469 e. The molecule has 0 amide bonds. The smallest absolute Gasteiger partial charge is 0.303 e. The highest BCUT2D eigenvalue weighted by molar-refractivity contribution is 7.80. The second-order valence-corrected chi connectivity index (χ2v) is 5.97. The number of hydrogen-bond donors (Lipinski definition) is 3. The SMILES string of the molecule is CCOP(=O)(O)O.CCc1ccc(S)c(C(F)(F)F)c1C(F)(F)F. The Morgan fingerprint density at radius 2 is 1.50 bits per heavy atom. The lowest BCUT2D eigenvalue weighted by Crippen LogP contribution is -2.19. The standard InChI is InChI=1S/C10H8F6S.C2H7O4P/c1-2-5-3-4-6(17)8(10(14,15)16)7(5)9(11,12)13;1-2-6-7(3,4)5/h3-4,17H,2H2,1H3;2H2,1H3,(H2,3,4,5). The molecule has 1 rings (SSSR count). The van der Waals surface area contributed by atoms with Crippen LogP contribution in [0, 0.1) is 0 Å².